The van der Waals surface area contributed by atoms with Gasteiger partial charge in [-0.3, -0.25) is 19.7 Å². The summed E-state index contributed by atoms with van der Waals surface area (Å²) >= 11 is 0. The number of nitro groups is 1. The maximum atomic E-state index is 12.7. The number of methoxy groups -OCH3 is 4. The number of nitrogens with two attached hydrogens (primary N) is 1. The summed E-state index contributed by atoms with van der Waals surface area (Å²) in [4.78, 5) is 91.7. The Morgan fingerprint density at radius 2 is 0.787 bits per heavy atom. The summed E-state index contributed by atoms with van der Waals surface area (Å²) < 4.78 is 29.6. The molecule has 9 aromatic carbocycles. The minimum absolute atomic E-state index is 0.0324. The van der Waals surface area contributed by atoms with Gasteiger partial charge in [0.1, 0.15) is 74.2 Å². The molecule has 21 rings (SSSR count). The van der Waals surface area contributed by atoms with Crippen molar-refractivity contribution in [2.45, 2.75) is 79.7 Å². The zero-order valence-electron chi connectivity index (χ0n) is 80.2. The fourth-order valence-corrected chi connectivity index (χ4v) is 16.7. The van der Waals surface area contributed by atoms with Gasteiger partial charge in [-0.05, 0) is 164 Å². The van der Waals surface area contributed by atoms with Crippen LogP contribution < -0.4 is 24.7 Å². The first-order valence-corrected chi connectivity index (χ1v) is 46.2. The van der Waals surface area contributed by atoms with Gasteiger partial charge < -0.3 is 57.7 Å². The van der Waals surface area contributed by atoms with E-state index < -0.39 is 4.92 Å². The number of carbonyl (C=O) groups excluding carboxylic acids is 2. The zero-order valence-corrected chi connectivity index (χ0v) is 80.2. The Balaban J connectivity index is 0.000000125. The SMILES string of the molecule is CCCC1CC(=O)N(Cc2ccnc3c2nc(-c2ccccc2)n3Cc2ccc(OC)cc2)C1.COc1ccc(Cn2c(-c3ccccc3)nc3c(C)ccnc32)cc1.COc1ccc(Cn2c(-c3ccccc3)nc3c(C=CN(C)C)ccnc32)cc1.COc1ccc(Cn2c(-c3ccccc3)nc3c(C=O)ccnc32)cc1.Cc1ccnc(N)c1[N+](=O)[O-].Cc1ccnc2nc(-c3ccccc3)[nH]c12. The molecule has 28 nitrogen and oxygen atoms in total. The van der Waals surface area contributed by atoms with Gasteiger partial charge in [0.2, 0.25) is 11.7 Å². The number of nitrogens with one attached hydrogen (secondary N) is 1. The van der Waals surface area contributed by atoms with E-state index in [1.807, 2.05) is 253 Å². The van der Waals surface area contributed by atoms with Gasteiger partial charge in [-0.2, -0.15) is 0 Å². The van der Waals surface area contributed by atoms with Crippen LogP contribution >= 0.6 is 0 Å². The van der Waals surface area contributed by atoms with Crippen molar-refractivity contribution in [3.05, 3.63) is 394 Å². The number of H-pyrrole nitrogens is 1. The highest BCUT2D eigenvalue weighted by Gasteiger charge is 2.31. The third-order valence-corrected chi connectivity index (χ3v) is 24.0. The topological polar surface area (TPSA) is 324 Å². The first kappa shape index (κ1) is 96.4. The van der Waals surface area contributed by atoms with Crippen LogP contribution in [0, 0.1) is 36.8 Å². The molecule has 1 fully saturated rings. The number of amides is 1. The molecule has 0 bridgehead atoms. The van der Waals surface area contributed by atoms with Gasteiger partial charge in [-0.25, -0.2) is 54.8 Å². The molecule has 12 heterocycles. The second kappa shape index (κ2) is 45.8. The van der Waals surface area contributed by atoms with Gasteiger partial charge in [0.25, 0.3) is 0 Å². The molecule has 708 valence electrons. The van der Waals surface area contributed by atoms with Gasteiger partial charge in [0.15, 0.2) is 34.5 Å². The number of imidazole rings is 5. The lowest BCUT2D eigenvalue weighted by molar-refractivity contribution is -0.384. The number of aldehydes is 1. The van der Waals surface area contributed by atoms with Crippen molar-refractivity contribution in [3.8, 4) is 79.9 Å². The number of rotatable bonds is 25. The molecule has 0 aliphatic carbocycles. The summed E-state index contributed by atoms with van der Waals surface area (Å²) in [6, 6.07) is 94.2. The number of likely N-dealkylation sites (tertiary alicyclic amines) is 1. The summed E-state index contributed by atoms with van der Waals surface area (Å²) in [7, 11) is 10.7. The number of pyridine rings is 6. The van der Waals surface area contributed by atoms with E-state index in [0.29, 0.717) is 67.4 Å². The molecule has 1 atom stereocenters. The van der Waals surface area contributed by atoms with E-state index in [4.69, 9.17) is 49.6 Å². The number of hydrogen-bond donors (Lipinski definition) is 2. The van der Waals surface area contributed by atoms with Crippen LogP contribution in [-0.4, -0.2) is 154 Å². The number of aryl methyl sites for hydroxylation is 3. The Morgan fingerprint density at radius 1 is 0.426 bits per heavy atom. The lowest BCUT2D eigenvalue weighted by atomic mass is 10.0. The fourth-order valence-electron chi connectivity index (χ4n) is 16.7. The molecule has 1 saturated heterocycles. The van der Waals surface area contributed by atoms with Gasteiger partial charge in [0.05, 0.1) is 65.1 Å². The summed E-state index contributed by atoms with van der Waals surface area (Å²) in [5.74, 6) is 8.41. The minimum Gasteiger partial charge on any atom is -0.497 e. The first-order chi connectivity index (χ1) is 68.8. The summed E-state index contributed by atoms with van der Waals surface area (Å²) in [6.45, 7) is 12.0. The minimum atomic E-state index is -0.530. The number of carbonyl (C=O) groups is 2. The van der Waals surface area contributed by atoms with Gasteiger partial charge in [-0.15, -0.1) is 0 Å². The second-order valence-electron chi connectivity index (χ2n) is 34.0. The van der Waals surface area contributed by atoms with Crippen molar-refractivity contribution in [2.75, 3.05) is 54.8 Å². The Hall–Kier alpha value is -17.7. The van der Waals surface area contributed by atoms with Crippen molar-refractivity contribution in [1.29, 1.82) is 0 Å². The Kier molecular flexibility index (Phi) is 31.3. The second-order valence-corrected chi connectivity index (χ2v) is 34.0. The Bertz CT molecular complexity index is 7650. The van der Waals surface area contributed by atoms with Crippen LogP contribution in [0.2, 0.25) is 0 Å². The molecule has 3 N–H and O–H groups in total. The van der Waals surface area contributed by atoms with Crippen LogP contribution in [0.5, 0.6) is 23.0 Å². The standard InChI is InChI=1S/C28H30N4O2.C24H24N4O.C21H17N3O2.C21H19N3O.C13H11N3.C6H7N3O2/c1-3-7-21-16-25(33)31(17-21)19-23-14-15-29-28-26(23)30-27(22-8-5-4-6-9-22)32(28)18-20-10-12-24(34-2)13-11-20;1-27(2)16-14-19-13-15-25-24-22(19)26-23(20-7-5-4-6-8-20)28(24)17-18-9-11-21(29-3)12-10-18;1-26-18-9-7-15(8-10-18)13-24-20(16-5-3-2-4-6-16)23-19-17(14-25)11-12-22-21(19)24;1-15-12-13-22-21-19(15)23-20(17-6-4-3-5-7-17)24(21)14-16-8-10-18(25-2)11-9-16;1-9-7-8-14-13-11(9)15-12(16-13)10-5-3-2-4-6-10;1-4-2-3-8-6(7)5(4)9(10)11/h4-6,8-15,21H,3,7,16-19H2,1-2H3;4-16H,17H2,1-3H3;2-12,14H,13H2,1H3;3-13H,14H2,1-2H3;2-8H,1H3,(H,14,15,16);2-3H,1H3,(H2,7,8). The monoisotopic (exact) mass is 1870 g/mol. The van der Waals surface area contributed by atoms with Gasteiger partial charge in [-0.1, -0.05) is 214 Å². The highest BCUT2D eigenvalue weighted by atomic mass is 16.6. The van der Waals surface area contributed by atoms with E-state index in [9.17, 15) is 19.7 Å². The van der Waals surface area contributed by atoms with E-state index in [0.717, 1.165) is 178 Å². The molecule has 0 saturated carbocycles. The van der Waals surface area contributed by atoms with Gasteiger partial charge in [0, 0.05) is 121 Å². The average molecular weight is 1870 g/mol. The number of nitrogens with zero attached hydrogens (tertiary/aromatic N) is 18. The lowest BCUT2D eigenvalue weighted by Gasteiger charge is -2.17. The van der Waals surface area contributed by atoms with Crippen molar-refractivity contribution in [1.82, 2.24) is 87.9 Å². The summed E-state index contributed by atoms with van der Waals surface area (Å²) in [6.07, 6.45) is 18.2. The van der Waals surface area contributed by atoms with Crippen LogP contribution in [0.4, 0.5) is 11.5 Å². The van der Waals surface area contributed by atoms with Crippen molar-refractivity contribution < 1.29 is 33.5 Å². The lowest BCUT2D eigenvalue weighted by Crippen LogP contribution is -2.24. The fraction of sp³-hybridized carbons (Fsp3) is 0.177. The first-order valence-electron chi connectivity index (χ1n) is 46.2. The third kappa shape index (κ3) is 23.2. The molecule has 1 amide bonds. The van der Waals surface area contributed by atoms with Crippen molar-refractivity contribution in [3.63, 3.8) is 0 Å². The molecule has 0 radical (unpaired) electrons. The number of hydrogen-bond acceptors (Lipinski definition) is 21. The largest absolute Gasteiger partial charge is 0.497 e. The quantitative estimate of drug-likeness (QED) is 0.0305. The van der Waals surface area contributed by atoms with Crippen LogP contribution in [-0.2, 0) is 37.5 Å². The number of benzene rings is 9. The van der Waals surface area contributed by atoms with E-state index >= 15 is 0 Å². The molecule has 1 aliphatic rings. The van der Waals surface area contributed by atoms with E-state index in [1.165, 1.54) is 22.9 Å². The number of aromatic nitrogens is 16. The summed E-state index contributed by atoms with van der Waals surface area (Å²) in [5, 5.41) is 10.3. The smallest absolute Gasteiger partial charge is 0.314 e. The van der Waals surface area contributed by atoms with Gasteiger partial charge >= 0.3 is 5.69 Å². The maximum Gasteiger partial charge on any atom is 0.314 e. The van der Waals surface area contributed by atoms with Crippen LogP contribution in [0.25, 0.3) is 119 Å². The normalized spacial score (nSPS) is 12.1. The molecule has 141 heavy (non-hydrogen) atoms. The molecule has 0 spiro atoms. The molecule has 1 aliphatic heterocycles. The number of ether oxygens (including phenoxy) is 4. The predicted molar refractivity (Wildman–Crippen MR) is 556 cm³/mol. The number of nitrogen functional groups attached to an aromatic ring is 1. The Morgan fingerprint density at radius 3 is 1.18 bits per heavy atom. The summed E-state index contributed by atoms with van der Waals surface area (Å²) in [5.41, 5.74) is 28.9. The van der Waals surface area contributed by atoms with Crippen LogP contribution in [0.1, 0.15) is 86.6 Å². The van der Waals surface area contributed by atoms with Crippen molar-refractivity contribution in [2.24, 2.45) is 5.92 Å². The van der Waals surface area contributed by atoms with E-state index in [1.54, 1.807) is 59.9 Å². The highest BCUT2D eigenvalue weighted by Crippen LogP contribution is 2.36. The number of fused-ring (bicyclic) bond motifs is 5. The molecular weight excluding hydrogens is 1770 g/mol. The molecule has 1 unspecified atom stereocenters. The predicted octanol–water partition coefficient (Wildman–Crippen LogP) is 22.2. The number of anilines is 1. The maximum absolute atomic E-state index is 12.7. The van der Waals surface area contributed by atoms with Crippen LogP contribution in [0.3, 0.4) is 0 Å². The molecular formula is C113H108N20O8. The molecule has 11 aromatic heterocycles. The van der Waals surface area contributed by atoms with Crippen molar-refractivity contribution >= 4 is 85.6 Å². The van der Waals surface area contributed by atoms with Crippen LogP contribution in [0.15, 0.2) is 329 Å². The van der Waals surface area contributed by atoms with E-state index in [-0.39, 0.29) is 17.4 Å². The average Bonchev–Trinajstić information content (AvgIpc) is 1.64. The third-order valence-electron chi connectivity index (χ3n) is 24.0. The Labute approximate surface area is 816 Å². The highest BCUT2D eigenvalue weighted by molar-refractivity contribution is 5.94. The number of aromatic amines is 1. The molecule has 28 heteroatoms. The molecule has 20 aromatic rings. The van der Waals surface area contributed by atoms with E-state index in [2.05, 4.69) is 148 Å². The zero-order chi connectivity index (χ0) is 98.3.